The molecule has 0 radical (unpaired) electrons. The van der Waals surface area contributed by atoms with Crippen LogP contribution < -0.4 is 0 Å². The minimum Gasteiger partial charge on any atom is -0.465 e. The normalized spacial score (nSPS) is 12.2. The second kappa shape index (κ2) is 13.2. The van der Waals surface area contributed by atoms with Crippen LogP contribution >= 0.6 is 23.2 Å². The Labute approximate surface area is 137 Å². The van der Waals surface area contributed by atoms with E-state index in [2.05, 4.69) is 13.8 Å². The van der Waals surface area contributed by atoms with Crippen LogP contribution in [0.15, 0.2) is 0 Å². The number of hydrogen-bond acceptors (Lipinski definition) is 4. The van der Waals surface area contributed by atoms with Crippen molar-refractivity contribution in [2.45, 2.75) is 63.6 Å². The Morgan fingerprint density at radius 2 is 1.52 bits per heavy atom. The van der Waals surface area contributed by atoms with Crippen molar-refractivity contribution in [2.75, 3.05) is 13.2 Å². The number of ether oxygens (including phenoxy) is 2. The molecule has 0 fully saturated rings. The zero-order chi connectivity index (χ0) is 16.1. The van der Waals surface area contributed by atoms with Crippen LogP contribution in [0.5, 0.6) is 0 Å². The third-order valence-electron chi connectivity index (χ3n) is 3.16. The maximum Gasteiger partial charge on any atom is 0.305 e. The second-order valence-corrected chi connectivity index (χ2v) is 6.30. The Kier molecular flexibility index (Phi) is 12.9. The fourth-order valence-corrected chi connectivity index (χ4v) is 1.91. The lowest BCUT2D eigenvalue weighted by molar-refractivity contribution is -0.146. The summed E-state index contributed by atoms with van der Waals surface area (Å²) in [6.45, 7) is 4.70. The van der Waals surface area contributed by atoms with Gasteiger partial charge in [0.05, 0.1) is 6.61 Å². The number of alkyl halides is 2. The average molecular weight is 341 g/mol. The van der Waals surface area contributed by atoms with Crippen LogP contribution in [-0.2, 0) is 19.1 Å². The summed E-state index contributed by atoms with van der Waals surface area (Å²) in [6, 6.07) is 0. The molecular weight excluding hydrogens is 315 g/mol. The third kappa shape index (κ3) is 12.9. The highest BCUT2D eigenvalue weighted by Crippen LogP contribution is 2.13. The maximum atomic E-state index is 11.6. The summed E-state index contributed by atoms with van der Waals surface area (Å²) in [5.41, 5.74) is 0. The summed E-state index contributed by atoms with van der Waals surface area (Å²) in [5, 5.41) is 0. The number of carbonyl (C=O) groups excluding carboxylic acids is 2. The van der Waals surface area contributed by atoms with Gasteiger partial charge in [0.1, 0.15) is 11.4 Å². The van der Waals surface area contributed by atoms with Crippen LogP contribution in [-0.4, -0.2) is 30.0 Å². The summed E-state index contributed by atoms with van der Waals surface area (Å²) in [5.74, 6) is -0.225. The minimum absolute atomic E-state index is 0.0258. The first-order valence-corrected chi connectivity index (χ1v) is 8.46. The van der Waals surface area contributed by atoms with E-state index in [1.54, 1.807) is 0 Å². The van der Waals surface area contributed by atoms with E-state index in [0.29, 0.717) is 18.9 Å². The summed E-state index contributed by atoms with van der Waals surface area (Å²) in [7, 11) is 0. The highest BCUT2D eigenvalue weighted by molar-refractivity contribution is 6.44. The Hall–Kier alpha value is -0.480. The number of esters is 2. The Morgan fingerprint density at radius 3 is 2.00 bits per heavy atom. The quantitative estimate of drug-likeness (QED) is 0.393. The van der Waals surface area contributed by atoms with Crippen LogP contribution in [0.25, 0.3) is 0 Å². The first-order chi connectivity index (χ1) is 9.99. The average Bonchev–Trinajstić information content (AvgIpc) is 2.45. The lowest BCUT2D eigenvalue weighted by Crippen LogP contribution is -2.14. The van der Waals surface area contributed by atoms with Crippen LogP contribution in [0, 0.1) is 5.92 Å². The number of rotatable bonds is 12. The van der Waals surface area contributed by atoms with Gasteiger partial charge in [0.25, 0.3) is 0 Å². The van der Waals surface area contributed by atoms with Crippen molar-refractivity contribution in [3.05, 3.63) is 0 Å². The molecule has 1 unspecified atom stereocenters. The molecular formula is C15H26Cl2O4. The van der Waals surface area contributed by atoms with Gasteiger partial charge < -0.3 is 9.47 Å². The highest BCUT2D eigenvalue weighted by Gasteiger charge is 2.11. The first-order valence-electron chi connectivity index (χ1n) is 7.58. The lowest BCUT2D eigenvalue weighted by atomic mass is 10.0. The molecule has 0 saturated carbocycles. The van der Waals surface area contributed by atoms with Gasteiger partial charge in [0.15, 0.2) is 0 Å². The van der Waals surface area contributed by atoms with Gasteiger partial charge in [-0.05, 0) is 18.8 Å². The molecule has 124 valence electrons. The Balaban J connectivity index is 3.67. The molecule has 4 nitrogen and oxygen atoms in total. The smallest absolute Gasteiger partial charge is 0.305 e. The zero-order valence-electron chi connectivity index (χ0n) is 12.9. The van der Waals surface area contributed by atoms with Gasteiger partial charge in [-0.25, -0.2) is 0 Å². The largest absolute Gasteiger partial charge is 0.465 e. The van der Waals surface area contributed by atoms with E-state index >= 15 is 0 Å². The van der Waals surface area contributed by atoms with Crippen molar-refractivity contribution >= 4 is 35.1 Å². The van der Waals surface area contributed by atoms with E-state index in [1.165, 1.54) is 0 Å². The van der Waals surface area contributed by atoms with E-state index in [1.807, 2.05) is 0 Å². The van der Waals surface area contributed by atoms with E-state index in [9.17, 15) is 9.59 Å². The number of halogens is 2. The molecule has 0 amide bonds. The molecule has 1 atom stereocenters. The summed E-state index contributed by atoms with van der Waals surface area (Å²) in [4.78, 5) is 22.1. The van der Waals surface area contributed by atoms with Gasteiger partial charge in [0.2, 0.25) is 0 Å². The fourth-order valence-electron chi connectivity index (χ4n) is 1.79. The van der Waals surface area contributed by atoms with Gasteiger partial charge in [-0.3, -0.25) is 9.59 Å². The first kappa shape index (κ1) is 20.5. The Bertz CT molecular complexity index is 295. The van der Waals surface area contributed by atoms with Crippen molar-refractivity contribution in [3.63, 3.8) is 0 Å². The SMILES string of the molecule is CCCCC(CC)COC(=O)CCCC(=O)OCC(Cl)Cl. The van der Waals surface area contributed by atoms with Crippen molar-refractivity contribution in [2.24, 2.45) is 5.92 Å². The van der Waals surface area contributed by atoms with E-state index in [0.717, 1.165) is 25.7 Å². The Morgan fingerprint density at radius 1 is 0.952 bits per heavy atom. The molecule has 6 heteroatoms. The van der Waals surface area contributed by atoms with Crippen molar-refractivity contribution in [3.8, 4) is 0 Å². The predicted octanol–water partition coefficient (Wildman–Crippen LogP) is 4.26. The molecule has 0 aliphatic heterocycles. The van der Waals surface area contributed by atoms with E-state index in [-0.39, 0.29) is 25.4 Å². The molecule has 0 aliphatic rings. The summed E-state index contributed by atoms with van der Waals surface area (Å²) in [6.07, 6.45) is 5.22. The minimum atomic E-state index is -0.715. The molecule has 0 heterocycles. The molecule has 0 saturated heterocycles. The van der Waals surface area contributed by atoms with Crippen molar-refractivity contribution in [1.29, 1.82) is 0 Å². The van der Waals surface area contributed by atoms with Gasteiger partial charge in [-0.2, -0.15) is 0 Å². The zero-order valence-corrected chi connectivity index (χ0v) is 14.4. The van der Waals surface area contributed by atoms with Gasteiger partial charge in [0, 0.05) is 12.8 Å². The number of hydrogen-bond donors (Lipinski definition) is 0. The summed E-state index contributed by atoms with van der Waals surface area (Å²) >= 11 is 10.9. The molecule has 0 rings (SSSR count). The molecule has 0 aromatic rings. The molecule has 0 N–H and O–H groups in total. The van der Waals surface area contributed by atoms with Crippen LogP contribution in [0.2, 0.25) is 0 Å². The van der Waals surface area contributed by atoms with Gasteiger partial charge in [-0.1, -0.05) is 33.1 Å². The topological polar surface area (TPSA) is 52.6 Å². The summed E-state index contributed by atoms with van der Waals surface area (Å²) < 4.78 is 10.0. The molecule has 0 bridgehead atoms. The maximum absolute atomic E-state index is 11.6. The monoisotopic (exact) mass is 340 g/mol. The third-order valence-corrected chi connectivity index (χ3v) is 3.41. The predicted molar refractivity (Wildman–Crippen MR) is 84.6 cm³/mol. The molecule has 0 spiro atoms. The van der Waals surface area contributed by atoms with Crippen LogP contribution in [0.1, 0.15) is 58.8 Å². The molecule has 0 aliphatic carbocycles. The lowest BCUT2D eigenvalue weighted by Gasteiger charge is -2.14. The van der Waals surface area contributed by atoms with Crippen molar-refractivity contribution in [1.82, 2.24) is 0 Å². The molecule has 0 aromatic carbocycles. The highest BCUT2D eigenvalue weighted by atomic mass is 35.5. The fraction of sp³-hybridized carbons (Fsp3) is 0.867. The second-order valence-electron chi connectivity index (χ2n) is 5.03. The van der Waals surface area contributed by atoms with Crippen LogP contribution in [0.3, 0.4) is 0 Å². The molecule has 21 heavy (non-hydrogen) atoms. The number of unbranched alkanes of at least 4 members (excludes halogenated alkanes) is 1. The van der Waals surface area contributed by atoms with E-state index in [4.69, 9.17) is 32.7 Å². The van der Waals surface area contributed by atoms with Crippen molar-refractivity contribution < 1.29 is 19.1 Å². The number of carbonyl (C=O) groups is 2. The van der Waals surface area contributed by atoms with Crippen LogP contribution in [0.4, 0.5) is 0 Å². The van der Waals surface area contributed by atoms with E-state index < -0.39 is 10.8 Å². The van der Waals surface area contributed by atoms with Gasteiger partial charge in [-0.15, -0.1) is 23.2 Å². The standard InChI is InChI=1S/C15H26Cl2O4/c1-3-5-7-12(4-2)10-20-14(18)8-6-9-15(19)21-11-13(16)17/h12-13H,3-11H2,1-2H3. The van der Waals surface area contributed by atoms with Gasteiger partial charge >= 0.3 is 11.9 Å². The molecule has 0 aromatic heterocycles.